The molecule has 3 aromatic heterocycles. The molecule has 1 aliphatic rings. The maximum atomic E-state index is 12.9. The van der Waals surface area contributed by atoms with Gasteiger partial charge in [-0.25, -0.2) is 9.97 Å². The zero-order valence-corrected chi connectivity index (χ0v) is 20.2. The highest BCUT2D eigenvalue weighted by molar-refractivity contribution is 7.99. The monoisotopic (exact) mass is 474 g/mol. The van der Waals surface area contributed by atoms with Crippen LogP contribution in [0.1, 0.15) is 47.2 Å². The summed E-state index contributed by atoms with van der Waals surface area (Å²) >= 11 is 1.39. The molecule has 0 saturated heterocycles. The summed E-state index contributed by atoms with van der Waals surface area (Å²) in [6.45, 7) is 6.38. The first-order valence-electron chi connectivity index (χ1n) is 11.3. The van der Waals surface area contributed by atoms with Gasteiger partial charge in [0.2, 0.25) is 5.91 Å². The summed E-state index contributed by atoms with van der Waals surface area (Å²) in [5, 5.41) is 17.0. The molecule has 1 aliphatic carbocycles. The minimum Gasteiger partial charge on any atom is -0.310 e. The lowest BCUT2D eigenvalue weighted by molar-refractivity contribution is -0.113. The van der Waals surface area contributed by atoms with Gasteiger partial charge in [0.15, 0.2) is 5.16 Å². The molecule has 3 heterocycles. The lowest BCUT2D eigenvalue weighted by atomic mass is 10.2. The number of amides is 1. The van der Waals surface area contributed by atoms with Gasteiger partial charge in [0.05, 0.1) is 18.0 Å². The molecule has 0 unspecified atom stereocenters. The van der Waals surface area contributed by atoms with Crippen molar-refractivity contribution in [2.45, 2.75) is 51.2 Å². The fourth-order valence-electron chi connectivity index (χ4n) is 3.82. The van der Waals surface area contributed by atoms with Crippen LogP contribution in [0.25, 0.3) is 5.95 Å². The summed E-state index contributed by atoms with van der Waals surface area (Å²) in [5.41, 5.74) is 3.63. The molecule has 34 heavy (non-hydrogen) atoms. The highest BCUT2D eigenvalue weighted by Gasteiger charge is 2.30. The number of benzene rings is 1. The summed E-state index contributed by atoms with van der Waals surface area (Å²) < 4.78 is 3.71. The highest BCUT2D eigenvalue weighted by Crippen LogP contribution is 2.40. The quantitative estimate of drug-likeness (QED) is 0.387. The number of aromatic nitrogens is 7. The molecule has 1 aromatic carbocycles. The minimum absolute atomic E-state index is 0.155. The largest absolute Gasteiger partial charge is 0.310 e. The fourth-order valence-corrected chi connectivity index (χ4v) is 4.56. The van der Waals surface area contributed by atoms with Crippen molar-refractivity contribution in [3.05, 3.63) is 70.9 Å². The first-order chi connectivity index (χ1) is 16.5. The van der Waals surface area contributed by atoms with Crippen LogP contribution in [0.4, 0.5) is 5.82 Å². The molecule has 0 radical (unpaired) electrons. The molecule has 0 aliphatic heterocycles. The Morgan fingerprint density at radius 3 is 2.47 bits per heavy atom. The van der Waals surface area contributed by atoms with Crippen LogP contribution in [0.3, 0.4) is 0 Å². The first kappa shape index (κ1) is 22.3. The van der Waals surface area contributed by atoms with Gasteiger partial charge in [-0.1, -0.05) is 42.1 Å². The van der Waals surface area contributed by atoms with Gasteiger partial charge < -0.3 is 9.88 Å². The zero-order valence-electron chi connectivity index (χ0n) is 19.4. The van der Waals surface area contributed by atoms with Crippen LogP contribution in [0.15, 0.2) is 47.6 Å². The van der Waals surface area contributed by atoms with Crippen LogP contribution in [-0.2, 0) is 11.3 Å². The molecule has 5 rings (SSSR count). The van der Waals surface area contributed by atoms with Gasteiger partial charge in [-0.2, -0.15) is 9.78 Å². The predicted molar refractivity (Wildman–Crippen MR) is 130 cm³/mol. The Bertz CT molecular complexity index is 1310. The Hall–Kier alpha value is -3.53. The number of aryl methyl sites for hydroxylation is 3. The number of hydrogen-bond acceptors (Lipinski definition) is 7. The van der Waals surface area contributed by atoms with Crippen molar-refractivity contribution in [2.24, 2.45) is 0 Å². The number of nitrogens with one attached hydrogen (secondary N) is 1. The Morgan fingerprint density at radius 2 is 1.76 bits per heavy atom. The zero-order chi connectivity index (χ0) is 23.7. The van der Waals surface area contributed by atoms with Gasteiger partial charge >= 0.3 is 0 Å². The maximum Gasteiger partial charge on any atom is 0.252 e. The molecule has 0 spiro atoms. The number of rotatable bonds is 8. The predicted octanol–water partition coefficient (Wildman–Crippen LogP) is 3.84. The van der Waals surface area contributed by atoms with Crippen molar-refractivity contribution in [1.82, 2.24) is 34.5 Å². The molecule has 4 aromatic rings. The number of anilines is 1. The molecule has 0 atom stereocenters. The summed E-state index contributed by atoms with van der Waals surface area (Å²) in [4.78, 5) is 21.8. The minimum atomic E-state index is -0.155. The topological polar surface area (TPSA) is 103 Å². The van der Waals surface area contributed by atoms with E-state index in [1.165, 1.54) is 17.3 Å². The average Bonchev–Trinajstić information content (AvgIpc) is 3.47. The van der Waals surface area contributed by atoms with Gasteiger partial charge in [-0.15, -0.1) is 10.2 Å². The molecule has 1 saturated carbocycles. The van der Waals surface area contributed by atoms with Crippen molar-refractivity contribution in [3.63, 3.8) is 0 Å². The van der Waals surface area contributed by atoms with E-state index in [2.05, 4.69) is 47.3 Å². The van der Waals surface area contributed by atoms with Crippen LogP contribution >= 0.6 is 11.8 Å². The smallest absolute Gasteiger partial charge is 0.252 e. The average molecular weight is 475 g/mol. The van der Waals surface area contributed by atoms with Gasteiger partial charge in [0.25, 0.3) is 5.95 Å². The van der Waals surface area contributed by atoms with Crippen LogP contribution in [0, 0.1) is 20.8 Å². The van der Waals surface area contributed by atoms with Gasteiger partial charge in [-0.05, 0) is 45.2 Å². The van der Waals surface area contributed by atoms with E-state index in [0.29, 0.717) is 24.2 Å². The van der Waals surface area contributed by atoms with Crippen LogP contribution in [0.2, 0.25) is 0 Å². The van der Waals surface area contributed by atoms with Gasteiger partial charge in [-0.3, -0.25) is 4.79 Å². The third kappa shape index (κ3) is 5.01. The number of nitrogens with zero attached hydrogens (tertiary/aromatic N) is 7. The van der Waals surface area contributed by atoms with Crippen molar-refractivity contribution in [3.8, 4) is 5.95 Å². The van der Waals surface area contributed by atoms with Crippen LogP contribution < -0.4 is 5.32 Å². The summed E-state index contributed by atoms with van der Waals surface area (Å²) in [6, 6.07) is 14.0. The van der Waals surface area contributed by atoms with E-state index in [4.69, 9.17) is 0 Å². The molecular weight excluding hydrogens is 448 g/mol. The first-order valence-corrected chi connectivity index (χ1v) is 12.2. The molecular formula is C24H26N8OS. The Labute approximate surface area is 202 Å². The second-order valence-electron chi connectivity index (χ2n) is 8.56. The van der Waals surface area contributed by atoms with Gasteiger partial charge in [0.1, 0.15) is 11.6 Å². The Balaban J connectivity index is 1.31. The molecule has 10 heteroatoms. The molecule has 174 valence electrons. The van der Waals surface area contributed by atoms with Crippen LogP contribution in [-0.4, -0.2) is 46.2 Å². The van der Waals surface area contributed by atoms with Gasteiger partial charge in [0, 0.05) is 23.4 Å². The lowest BCUT2D eigenvalue weighted by Crippen LogP contribution is -2.18. The van der Waals surface area contributed by atoms with Crippen molar-refractivity contribution in [1.29, 1.82) is 0 Å². The summed E-state index contributed by atoms with van der Waals surface area (Å²) in [5.74, 6) is 2.50. The van der Waals surface area contributed by atoms with E-state index < -0.39 is 0 Å². The summed E-state index contributed by atoms with van der Waals surface area (Å²) in [7, 11) is 0. The number of thioether (sulfide) groups is 1. The SMILES string of the molecule is Cc1cc(C)nc(-n2nc(C)cc2NC(=O)CSc2nnc(C3CC3)n2Cc2ccccc2)n1. The Morgan fingerprint density at radius 1 is 1.03 bits per heavy atom. The standard InChI is InChI=1S/C24H26N8OS/c1-15-11-16(2)26-23(25-15)32-20(12-17(3)30-32)27-21(33)14-34-24-29-28-22(19-9-10-19)31(24)13-18-7-5-4-6-8-18/h4-8,11-12,19H,9-10,13-14H2,1-3H3,(H,27,33). The third-order valence-electron chi connectivity index (χ3n) is 5.46. The van der Waals surface area contributed by atoms with E-state index >= 15 is 0 Å². The number of hydrogen-bond donors (Lipinski definition) is 1. The summed E-state index contributed by atoms with van der Waals surface area (Å²) in [6.07, 6.45) is 2.28. The van der Waals surface area contributed by atoms with E-state index in [-0.39, 0.29) is 11.7 Å². The highest BCUT2D eigenvalue weighted by atomic mass is 32.2. The maximum absolute atomic E-state index is 12.9. The Kier molecular flexibility index (Phi) is 6.14. The third-order valence-corrected chi connectivity index (χ3v) is 6.43. The molecule has 0 bridgehead atoms. The fraction of sp³-hybridized carbons (Fsp3) is 0.333. The molecule has 1 fully saturated rings. The van der Waals surface area contributed by atoms with E-state index in [1.54, 1.807) is 4.68 Å². The van der Waals surface area contributed by atoms with Crippen molar-refractivity contribution >= 4 is 23.5 Å². The molecule has 1 amide bonds. The van der Waals surface area contributed by atoms with Crippen molar-refractivity contribution in [2.75, 3.05) is 11.1 Å². The van der Waals surface area contributed by atoms with Crippen LogP contribution in [0.5, 0.6) is 0 Å². The van der Waals surface area contributed by atoms with Crippen molar-refractivity contribution < 1.29 is 4.79 Å². The number of carbonyl (C=O) groups excluding carboxylic acids is 1. The van der Waals surface area contributed by atoms with E-state index in [9.17, 15) is 4.79 Å². The second-order valence-corrected chi connectivity index (χ2v) is 9.50. The van der Waals surface area contributed by atoms with E-state index in [1.807, 2.05) is 51.1 Å². The second kappa shape index (κ2) is 9.38. The van der Waals surface area contributed by atoms with E-state index in [0.717, 1.165) is 40.9 Å². The molecule has 1 N–H and O–H groups in total. The normalized spacial score (nSPS) is 13.3. The number of carbonyl (C=O) groups is 1. The molecule has 9 nitrogen and oxygen atoms in total. The lowest BCUT2D eigenvalue weighted by Gasteiger charge is -2.11.